The number of carbonyl (C=O) groups excluding carboxylic acids is 2. The molecular formula is C31H41N5O5S2. The molecule has 1 aromatic heterocycles. The molecule has 0 saturated heterocycles. The number of sulfonamides is 1. The van der Waals surface area contributed by atoms with Gasteiger partial charge in [-0.2, -0.15) is 0 Å². The van der Waals surface area contributed by atoms with Crippen molar-refractivity contribution in [2.45, 2.75) is 52.6 Å². The number of anilines is 2. The van der Waals surface area contributed by atoms with E-state index < -0.39 is 10.0 Å². The summed E-state index contributed by atoms with van der Waals surface area (Å²) < 4.78 is 30.9. The normalized spacial score (nSPS) is 15.1. The van der Waals surface area contributed by atoms with Crippen molar-refractivity contribution in [3.05, 3.63) is 70.2 Å². The molecule has 0 radical (unpaired) electrons. The van der Waals surface area contributed by atoms with Gasteiger partial charge in [0.05, 0.1) is 37.6 Å². The van der Waals surface area contributed by atoms with Crippen molar-refractivity contribution in [3.63, 3.8) is 0 Å². The number of rotatable bonds is 8. The summed E-state index contributed by atoms with van der Waals surface area (Å²) in [5.41, 5.74) is 4.15. The van der Waals surface area contributed by atoms with Gasteiger partial charge in [-0.05, 0) is 56.0 Å². The minimum Gasteiger partial charge on any atom is -0.497 e. The van der Waals surface area contributed by atoms with Crippen molar-refractivity contribution in [3.8, 4) is 5.75 Å². The Morgan fingerprint density at radius 1 is 1.02 bits per heavy atom. The molecule has 1 aliphatic rings. The molecule has 2 heterocycles. The topological polar surface area (TPSA) is 112 Å². The number of amides is 2. The monoisotopic (exact) mass is 627 g/mol. The van der Waals surface area contributed by atoms with Crippen LogP contribution in [-0.2, 0) is 39.0 Å². The molecule has 0 spiro atoms. The number of aromatic nitrogens is 1. The summed E-state index contributed by atoms with van der Waals surface area (Å²) in [6.45, 7) is 9.20. The van der Waals surface area contributed by atoms with Crippen LogP contribution in [0, 0.1) is 6.92 Å². The molecule has 0 saturated carbocycles. The second-order valence-corrected chi connectivity index (χ2v) is 13.8. The van der Waals surface area contributed by atoms with Gasteiger partial charge in [0.2, 0.25) is 21.8 Å². The Kier molecular flexibility index (Phi) is 10.8. The van der Waals surface area contributed by atoms with E-state index >= 15 is 0 Å². The van der Waals surface area contributed by atoms with Gasteiger partial charge < -0.3 is 14.5 Å². The summed E-state index contributed by atoms with van der Waals surface area (Å²) in [7, 11) is -1.84. The lowest BCUT2D eigenvalue weighted by atomic mass is 10.0. The van der Waals surface area contributed by atoms with Gasteiger partial charge in [-0.3, -0.25) is 19.2 Å². The van der Waals surface area contributed by atoms with E-state index in [-0.39, 0.29) is 35.8 Å². The van der Waals surface area contributed by atoms with Gasteiger partial charge >= 0.3 is 0 Å². The number of ether oxygens (including phenoxy) is 1. The summed E-state index contributed by atoms with van der Waals surface area (Å²) in [4.78, 5) is 38.0. The first-order chi connectivity index (χ1) is 20.4. The van der Waals surface area contributed by atoms with Crippen molar-refractivity contribution in [1.29, 1.82) is 0 Å². The van der Waals surface area contributed by atoms with Crippen molar-refractivity contribution in [2.75, 3.05) is 49.2 Å². The maximum atomic E-state index is 13.9. The summed E-state index contributed by atoms with van der Waals surface area (Å²) in [5, 5.41) is 1.94. The number of benzene rings is 2. The number of aryl methyl sites for hydroxylation is 1. The molecule has 232 valence electrons. The van der Waals surface area contributed by atoms with E-state index in [1.54, 1.807) is 12.5 Å². The predicted molar refractivity (Wildman–Crippen MR) is 171 cm³/mol. The molecule has 1 N–H and O–H groups in total. The Bertz CT molecular complexity index is 1520. The van der Waals surface area contributed by atoms with Gasteiger partial charge in [-0.25, -0.2) is 13.4 Å². The number of nitrogens with one attached hydrogen (secondary N) is 1. The van der Waals surface area contributed by atoms with Gasteiger partial charge in [-0.1, -0.05) is 30.3 Å². The van der Waals surface area contributed by atoms with Crippen LogP contribution >= 0.6 is 11.3 Å². The maximum absolute atomic E-state index is 13.9. The van der Waals surface area contributed by atoms with Gasteiger partial charge in [0.15, 0.2) is 5.13 Å². The van der Waals surface area contributed by atoms with Crippen LogP contribution in [0.15, 0.2) is 47.8 Å². The van der Waals surface area contributed by atoms with Crippen molar-refractivity contribution in [2.24, 2.45) is 0 Å². The number of hydrogen-bond donors (Lipinski definition) is 1. The quantitative estimate of drug-likeness (QED) is 0.400. The molecule has 0 bridgehead atoms. The second-order valence-electron chi connectivity index (χ2n) is 11.1. The second kappa shape index (κ2) is 14.3. The minimum atomic E-state index is -3.46. The third-order valence-corrected chi connectivity index (χ3v) is 8.99. The zero-order valence-corrected chi connectivity index (χ0v) is 27.1. The van der Waals surface area contributed by atoms with Crippen LogP contribution in [0.4, 0.5) is 10.8 Å². The molecule has 43 heavy (non-hydrogen) atoms. The number of para-hydroxylation sites is 1. The summed E-state index contributed by atoms with van der Waals surface area (Å²) in [5.74, 6) is 0.636. The number of carbonyl (C=O) groups is 2. The van der Waals surface area contributed by atoms with Gasteiger partial charge in [0, 0.05) is 44.1 Å². The highest BCUT2D eigenvalue weighted by atomic mass is 32.2. The average molecular weight is 628 g/mol. The van der Waals surface area contributed by atoms with Crippen LogP contribution in [0.2, 0.25) is 0 Å². The molecule has 10 nitrogen and oxygen atoms in total. The first-order valence-electron chi connectivity index (χ1n) is 14.4. The Hall–Kier alpha value is -3.48. The number of fused-ring (bicyclic) bond motifs is 1. The number of hydrogen-bond acceptors (Lipinski definition) is 8. The number of nitrogens with zero attached hydrogens (tertiary/aromatic N) is 4. The Morgan fingerprint density at radius 3 is 2.44 bits per heavy atom. The van der Waals surface area contributed by atoms with E-state index in [9.17, 15) is 18.0 Å². The summed E-state index contributed by atoms with van der Waals surface area (Å²) in [6, 6.07) is 13.8. The van der Waals surface area contributed by atoms with E-state index in [0.717, 1.165) is 58.7 Å². The lowest BCUT2D eigenvalue weighted by Crippen LogP contribution is -2.42. The fourth-order valence-electron chi connectivity index (χ4n) is 5.28. The van der Waals surface area contributed by atoms with Crippen LogP contribution < -0.4 is 14.4 Å². The first kappa shape index (κ1) is 32.4. The molecule has 1 aliphatic heterocycles. The summed E-state index contributed by atoms with van der Waals surface area (Å²) >= 11 is 1.15. The highest BCUT2D eigenvalue weighted by Gasteiger charge is 2.26. The number of methoxy groups -OCH3 is 1. The zero-order valence-electron chi connectivity index (χ0n) is 25.5. The summed E-state index contributed by atoms with van der Waals surface area (Å²) in [6.07, 6.45) is 2.16. The minimum absolute atomic E-state index is 0.00214. The molecular weight excluding hydrogens is 587 g/mol. The lowest BCUT2D eigenvalue weighted by molar-refractivity contribution is -0.131. The molecule has 0 aliphatic carbocycles. The Labute approximate surface area is 258 Å². The van der Waals surface area contributed by atoms with Crippen LogP contribution in [0.5, 0.6) is 5.75 Å². The van der Waals surface area contributed by atoms with Crippen LogP contribution in [0.1, 0.15) is 42.7 Å². The molecule has 0 unspecified atom stereocenters. The molecule has 3 aromatic rings. The maximum Gasteiger partial charge on any atom is 0.231 e. The Morgan fingerprint density at radius 2 is 1.77 bits per heavy atom. The van der Waals surface area contributed by atoms with Gasteiger partial charge in [0.25, 0.3) is 0 Å². The molecule has 0 atom stereocenters. The highest BCUT2D eigenvalue weighted by Crippen LogP contribution is 2.29. The van der Waals surface area contributed by atoms with Crippen LogP contribution in [0.3, 0.4) is 0 Å². The van der Waals surface area contributed by atoms with E-state index in [1.807, 2.05) is 59.2 Å². The first-order valence-corrected chi connectivity index (χ1v) is 17.2. The van der Waals surface area contributed by atoms with Crippen LogP contribution in [0.25, 0.3) is 0 Å². The standard InChI is InChI=1S/C31H41N5O5S2/c1-22(2)34-14-7-15-36(29(38)18-24-10-12-27(41-4)13-11-24)30-23(3)8-6-9-25(30)20-35(17-16-34)28(37)19-26-21-42-31(32-26)33-43(5,39)40/h6,8-13,21-22H,7,14-20H2,1-5H3,(H,32,33). The van der Waals surface area contributed by atoms with Crippen LogP contribution in [-0.4, -0.2) is 80.6 Å². The van der Waals surface area contributed by atoms with E-state index in [0.29, 0.717) is 31.9 Å². The SMILES string of the molecule is COc1ccc(CC(=O)N2CCCN(C(C)C)CCN(C(=O)Cc3csc(NS(C)(=O)=O)n3)Cc3cccc(C)c32)cc1. The van der Waals surface area contributed by atoms with E-state index in [1.165, 1.54) is 0 Å². The van der Waals surface area contributed by atoms with E-state index in [2.05, 4.69) is 28.5 Å². The Balaban J connectivity index is 1.64. The third kappa shape index (κ3) is 9.01. The molecule has 12 heteroatoms. The molecule has 2 aromatic carbocycles. The van der Waals surface area contributed by atoms with Crippen molar-refractivity contribution < 1.29 is 22.7 Å². The van der Waals surface area contributed by atoms with Crippen molar-refractivity contribution in [1.82, 2.24) is 14.8 Å². The van der Waals surface area contributed by atoms with Gasteiger partial charge in [-0.15, -0.1) is 11.3 Å². The zero-order chi connectivity index (χ0) is 31.1. The fourth-order valence-corrected chi connectivity index (χ4v) is 6.84. The largest absolute Gasteiger partial charge is 0.497 e. The van der Waals surface area contributed by atoms with Crippen molar-refractivity contribution >= 4 is 44.0 Å². The predicted octanol–water partition coefficient (Wildman–Crippen LogP) is 4.09. The molecule has 4 rings (SSSR count). The smallest absolute Gasteiger partial charge is 0.231 e. The van der Waals surface area contributed by atoms with Gasteiger partial charge in [0.1, 0.15) is 5.75 Å². The fraction of sp³-hybridized carbons (Fsp3) is 0.452. The molecule has 0 fully saturated rings. The highest BCUT2D eigenvalue weighted by molar-refractivity contribution is 7.92. The third-order valence-electron chi connectivity index (χ3n) is 7.49. The van der Waals surface area contributed by atoms with E-state index in [4.69, 9.17) is 4.74 Å². The molecule has 2 amide bonds. The number of thiazole rings is 1. The lowest BCUT2D eigenvalue weighted by Gasteiger charge is -2.30. The average Bonchev–Trinajstić information content (AvgIpc) is 3.35.